The van der Waals surface area contributed by atoms with Crippen molar-refractivity contribution in [3.05, 3.63) is 81.9 Å². The first-order valence-corrected chi connectivity index (χ1v) is 12.7. The maximum absolute atomic E-state index is 12.8. The molecule has 0 amide bonds. The summed E-state index contributed by atoms with van der Waals surface area (Å²) in [6, 6.07) is 16.7. The highest BCUT2D eigenvalue weighted by Crippen LogP contribution is 2.38. The number of fused-ring (bicyclic) bond motifs is 1. The van der Waals surface area contributed by atoms with Crippen molar-refractivity contribution in [3.63, 3.8) is 0 Å². The molecule has 2 aromatic carbocycles. The monoisotopic (exact) mass is 490 g/mol. The van der Waals surface area contributed by atoms with Gasteiger partial charge in [0.2, 0.25) is 0 Å². The van der Waals surface area contributed by atoms with Gasteiger partial charge in [-0.05, 0) is 37.3 Å². The Hall–Kier alpha value is -2.30. The number of hydrogen-bond donors (Lipinski definition) is 1. The van der Waals surface area contributed by atoms with Gasteiger partial charge in [0.05, 0.1) is 0 Å². The number of aliphatic hydroxyl groups is 1. The van der Waals surface area contributed by atoms with Gasteiger partial charge in [-0.25, -0.2) is 4.39 Å². The minimum atomic E-state index is -1.25. The van der Waals surface area contributed by atoms with Crippen LogP contribution in [0.15, 0.2) is 65.7 Å². The molecular formula is C29H40ClFO3. The normalized spacial score (nSPS) is 14.6. The lowest BCUT2D eigenvalue weighted by Gasteiger charge is -2.29. The zero-order chi connectivity index (χ0) is 25.9. The van der Waals surface area contributed by atoms with Crippen molar-refractivity contribution in [1.82, 2.24) is 0 Å². The molecule has 0 radical (unpaired) electrons. The molecule has 0 atom stereocenters. The second-order valence-corrected chi connectivity index (χ2v) is 7.64. The highest BCUT2D eigenvalue weighted by Gasteiger charge is 2.35. The molecule has 34 heavy (non-hydrogen) atoms. The number of carbonyl (C=O) groups excluding carboxylic acids is 2. The van der Waals surface area contributed by atoms with Gasteiger partial charge in [-0.1, -0.05) is 108 Å². The van der Waals surface area contributed by atoms with Crippen LogP contribution in [0, 0.1) is 5.92 Å². The molecule has 2 aliphatic carbocycles. The second kappa shape index (κ2) is 19.1. The molecule has 0 aromatic heterocycles. The third-order valence-electron chi connectivity index (χ3n) is 5.36. The van der Waals surface area contributed by atoms with E-state index in [2.05, 4.69) is 0 Å². The van der Waals surface area contributed by atoms with Gasteiger partial charge in [-0.2, -0.15) is 0 Å². The number of Topliss-reactive ketones (excluding diaryl/α,β-unsaturated/α-hetero) is 2. The van der Waals surface area contributed by atoms with Crippen LogP contribution < -0.4 is 0 Å². The number of aliphatic hydroxyl groups excluding tert-OH is 1. The summed E-state index contributed by atoms with van der Waals surface area (Å²) in [7, 11) is 0. The maximum Gasteiger partial charge on any atom is 0.190 e. The molecule has 3 nitrogen and oxygen atoms in total. The Morgan fingerprint density at radius 2 is 1.26 bits per heavy atom. The van der Waals surface area contributed by atoms with E-state index in [1.165, 1.54) is 19.3 Å². The van der Waals surface area contributed by atoms with Crippen LogP contribution in [0.4, 0.5) is 4.39 Å². The van der Waals surface area contributed by atoms with Crippen LogP contribution in [0.1, 0.15) is 93.9 Å². The quantitative estimate of drug-likeness (QED) is 0.458. The molecule has 188 valence electrons. The van der Waals surface area contributed by atoms with Crippen LogP contribution in [0.3, 0.4) is 0 Å². The molecule has 2 aliphatic rings. The zero-order valence-electron chi connectivity index (χ0n) is 21.2. The van der Waals surface area contributed by atoms with Crippen molar-refractivity contribution in [2.45, 2.75) is 73.1 Å². The van der Waals surface area contributed by atoms with E-state index in [4.69, 9.17) is 16.7 Å². The molecule has 0 heterocycles. The van der Waals surface area contributed by atoms with E-state index in [-0.39, 0.29) is 11.6 Å². The van der Waals surface area contributed by atoms with Gasteiger partial charge in [-0.15, -0.1) is 0 Å². The van der Waals surface area contributed by atoms with Gasteiger partial charge in [0.1, 0.15) is 0 Å². The average Bonchev–Trinajstić information content (AvgIpc) is 2.90. The molecule has 0 spiro atoms. The minimum Gasteiger partial charge on any atom is -0.366 e. The third kappa shape index (κ3) is 9.52. The molecule has 1 fully saturated rings. The summed E-state index contributed by atoms with van der Waals surface area (Å²) < 4.78 is 9.85. The lowest BCUT2D eigenvalue weighted by molar-refractivity contribution is 0.0958. The van der Waals surface area contributed by atoms with Crippen molar-refractivity contribution in [2.75, 3.05) is 6.86 Å². The van der Waals surface area contributed by atoms with E-state index < -0.39 is 6.86 Å². The van der Waals surface area contributed by atoms with Crippen LogP contribution in [-0.2, 0) is 0 Å². The molecule has 2 aromatic rings. The number of benzene rings is 2. The predicted molar refractivity (Wildman–Crippen MR) is 141 cm³/mol. The Bertz CT molecular complexity index is 872. The standard InChI is InChI=1S/C18H20O2.C6H5Cl.2C2H6.CH3FO/c1-2-13-16(12-8-4-3-5-9-12)18(20)15-11-7-6-10-14(15)17(13)19;7-6-4-2-1-3-5-6;2*1-2;2-1-3/h6-7,10-12H,2-5,8-9H2,1H3;1-5H;2*1-2H3;3H,1H2. The Morgan fingerprint density at radius 1 is 0.824 bits per heavy atom. The number of hydrogen-bond acceptors (Lipinski definition) is 3. The lowest BCUT2D eigenvalue weighted by atomic mass is 9.73. The molecule has 0 bridgehead atoms. The van der Waals surface area contributed by atoms with Crippen molar-refractivity contribution < 1.29 is 19.1 Å². The lowest BCUT2D eigenvalue weighted by Crippen LogP contribution is -2.27. The first kappa shape index (κ1) is 31.7. The zero-order valence-corrected chi connectivity index (χ0v) is 22.0. The van der Waals surface area contributed by atoms with Crippen molar-refractivity contribution in [3.8, 4) is 0 Å². The van der Waals surface area contributed by atoms with E-state index in [1.807, 2.05) is 77.1 Å². The van der Waals surface area contributed by atoms with Crippen LogP contribution >= 0.6 is 11.6 Å². The Morgan fingerprint density at radius 3 is 1.68 bits per heavy atom. The SMILES string of the molecule is CC.CC.CCC1=C(C2CCCCC2)C(=O)c2ccccc2C1=O.Clc1ccccc1.OCF. The summed E-state index contributed by atoms with van der Waals surface area (Å²) in [6.07, 6.45) is 6.37. The van der Waals surface area contributed by atoms with E-state index in [1.54, 1.807) is 12.1 Å². The van der Waals surface area contributed by atoms with Crippen molar-refractivity contribution >= 4 is 23.2 Å². The van der Waals surface area contributed by atoms with Crippen LogP contribution in [-0.4, -0.2) is 23.5 Å². The van der Waals surface area contributed by atoms with Gasteiger partial charge < -0.3 is 5.11 Å². The molecule has 0 saturated heterocycles. The smallest absolute Gasteiger partial charge is 0.190 e. The van der Waals surface area contributed by atoms with E-state index in [0.29, 0.717) is 23.5 Å². The Balaban J connectivity index is 0.000000646. The Kier molecular flexibility index (Phi) is 17.8. The maximum atomic E-state index is 12.8. The molecule has 4 rings (SSSR count). The van der Waals surface area contributed by atoms with Crippen LogP contribution in [0.2, 0.25) is 5.02 Å². The molecule has 0 unspecified atom stereocenters. The predicted octanol–water partition coefficient (Wildman–Crippen LogP) is 8.65. The van der Waals surface area contributed by atoms with E-state index in [9.17, 15) is 14.0 Å². The fourth-order valence-corrected chi connectivity index (χ4v) is 4.18. The van der Waals surface area contributed by atoms with Crippen LogP contribution in [0.5, 0.6) is 0 Å². The minimum absolute atomic E-state index is 0.0725. The molecule has 0 aliphatic heterocycles. The third-order valence-corrected chi connectivity index (χ3v) is 5.61. The van der Waals surface area contributed by atoms with Crippen molar-refractivity contribution in [2.24, 2.45) is 5.92 Å². The van der Waals surface area contributed by atoms with Gasteiger partial charge in [0.25, 0.3) is 0 Å². The molecule has 1 N–H and O–H groups in total. The fourth-order valence-electron chi connectivity index (χ4n) is 4.03. The number of ketones is 2. The number of halogens is 2. The first-order valence-electron chi connectivity index (χ1n) is 12.3. The number of carbonyl (C=O) groups is 2. The summed E-state index contributed by atoms with van der Waals surface area (Å²) in [5, 5.41) is 7.70. The topological polar surface area (TPSA) is 54.4 Å². The number of rotatable bonds is 2. The van der Waals surface area contributed by atoms with Gasteiger partial charge in [0.15, 0.2) is 18.4 Å². The van der Waals surface area contributed by atoms with Gasteiger partial charge in [-0.3, -0.25) is 9.59 Å². The first-order chi connectivity index (χ1) is 16.5. The summed E-state index contributed by atoms with van der Waals surface area (Å²) in [5.41, 5.74) is 2.79. The van der Waals surface area contributed by atoms with E-state index >= 15 is 0 Å². The number of alkyl halides is 1. The molecular weight excluding hydrogens is 451 g/mol. The van der Waals surface area contributed by atoms with E-state index in [0.717, 1.165) is 29.0 Å². The molecule has 1 saturated carbocycles. The second-order valence-electron chi connectivity index (χ2n) is 7.20. The summed E-state index contributed by atoms with van der Waals surface area (Å²) in [5.74, 6) is 0.468. The highest BCUT2D eigenvalue weighted by atomic mass is 35.5. The number of allylic oxidation sites excluding steroid dienone is 2. The summed E-state index contributed by atoms with van der Waals surface area (Å²) in [4.78, 5) is 25.5. The summed E-state index contributed by atoms with van der Waals surface area (Å²) in [6.45, 7) is 8.73. The average molecular weight is 491 g/mol. The molecule has 5 heteroatoms. The summed E-state index contributed by atoms with van der Waals surface area (Å²) >= 11 is 5.54. The van der Waals surface area contributed by atoms with Crippen LogP contribution in [0.25, 0.3) is 0 Å². The Labute approximate surface area is 210 Å². The van der Waals surface area contributed by atoms with Gasteiger partial charge >= 0.3 is 0 Å². The largest absolute Gasteiger partial charge is 0.366 e. The van der Waals surface area contributed by atoms with Crippen molar-refractivity contribution in [1.29, 1.82) is 0 Å². The van der Waals surface area contributed by atoms with Gasteiger partial charge in [0, 0.05) is 27.3 Å². The highest BCUT2D eigenvalue weighted by molar-refractivity contribution is 6.30. The fraction of sp³-hybridized carbons (Fsp3) is 0.448.